The molecule has 0 aliphatic rings. The van der Waals surface area contributed by atoms with Gasteiger partial charge < -0.3 is 9.47 Å². The van der Waals surface area contributed by atoms with Gasteiger partial charge in [-0.1, -0.05) is 19.9 Å². The van der Waals surface area contributed by atoms with Crippen molar-refractivity contribution in [2.24, 2.45) is 0 Å². The highest BCUT2D eigenvalue weighted by atomic mass is 16.5. The second-order valence-electron chi connectivity index (χ2n) is 5.53. The Hall–Kier alpha value is -2.69. The standard InChI is InChI=1S/C18H19N3O2/c1-11(2)17-12-9-15(22-3)16(23-4)10-14(12)20-18(21-17)13-7-5-6-8-19-13/h5-11H,1-4H3. The first kappa shape index (κ1) is 15.2. The van der Waals surface area contributed by atoms with Crippen molar-refractivity contribution in [3.63, 3.8) is 0 Å². The smallest absolute Gasteiger partial charge is 0.178 e. The van der Waals surface area contributed by atoms with Crippen LogP contribution in [-0.2, 0) is 0 Å². The normalized spacial score (nSPS) is 11.0. The number of aromatic nitrogens is 3. The third-order valence-corrected chi connectivity index (χ3v) is 3.67. The third kappa shape index (κ3) is 2.82. The highest BCUT2D eigenvalue weighted by molar-refractivity contribution is 5.86. The molecule has 0 saturated heterocycles. The lowest BCUT2D eigenvalue weighted by Crippen LogP contribution is -2.02. The van der Waals surface area contributed by atoms with Crippen molar-refractivity contribution in [3.05, 3.63) is 42.2 Å². The summed E-state index contributed by atoms with van der Waals surface area (Å²) in [6.45, 7) is 4.22. The molecular weight excluding hydrogens is 290 g/mol. The van der Waals surface area contributed by atoms with Gasteiger partial charge in [0.15, 0.2) is 17.3 Å². The molecule has 23 heavy (non-hydrogen) atoms. The highest BCUT2D eigenvalue weighted by Gasteiger charge is 2.16. The van der Waals surface area contributed by atoms with E-state index in [1.807, 2.05) is 30.3 Å². The monoisotopic (exact) mass is 309 g/mol. The SMILES string of the molecule is COc1cc2nc(-c3ccccn3)nc(C(C)C)c2cc1OC. The molecule has 2 heterocycles. The first-order chi connectivity index (χ1) is 11.1. The van der Waals surface area contributed by atoms with E-state index in [-0.39, 0.29) is 5.92 Å². The minimum absolute atomic E-state index is 0.251. The molecular formula is C18H19N3O2. The molecule has 0 bridgehead atoms. The van der Waals surface area contributed by atoms with Gasteiger partial charge in [-0.05, 0) is 24.1 Å². The molecule has 0 amide bonds. The third-order valence-electron chi connectivity index (χ3n) is 3.67. The van der Waals surface area contributed by atoms with Crippen molar-refractivity contribution in [1.82, 2.24) is 15.0 Å². The van der Waals surface area contributed by atoms with Gasteiger partial charge in [-0.15, -0.1) is 0 Å². The summed E-state index contributed by atoms with van der Waals surface area (Å²) in [5.41, 5.74) is 2.55. The van der Waals surface area contributed by atoms with E-state index < -0.39 is 0 Å². The maximum absolute atomic E-state index is 5.40. The van der Waals surface area contributed by atoms with Gasteiger partial charge in [0.2, 0.25) is 0 Å². The average molecular weight is 309 g/mol. The van der Waals surface area contributed by atoms with Crippen LogP contribution in [0.5, 0.6) is 11.5 Å². The number of benzene rings is 1. The number of rotatable bonds is 4. The van der Waals surface area contributed by atoms with Crippen LogP contribution in [0.25, 0.3) is 22.4 Å². The van der Waals surface area contributed by atoms with Gasteiger partial charge in [-0.3, -0.25) is 4.98 Å². The number of methoxy groups -OCH3 is 2. The molecule has 1 aromatic carbocycles. The van der Waals surface area contributed by atoms with E-state index in [0.717, 1.165) is 22.3 Å². The molecule has 0 saturated carbocycles. The summed E-state index contributed by atoms with van der Waals surface area (Å²) in [7, 11) is 3.25. The van der Waals surface area contributed by atoms with Crippen LogP contribution < -0.4 is 9.47 Å². The van der Waals surface area contributed by atoms with Crippen LogP contribution in [0, 0.1) is 0 Å². The van der Waals surface area contributed by atoms with Crippen molar-refractivity contribution in [1.29, 1.82) is 0 Å². The summed E-state index contributed by atoms with van der Waals surface area (Å²) in [6.07, 6.45) is 1.74. The van der Waals surface area contributed by atoms with E-state index in [9.17, 15) is 0 Å². The van der Waals surface area contributed by atoms with Crippen molar-refractivity contribution < 1.29 is 9.47 Å². The Bertz CT molecular complexity index is 833. The molecule has 0 unspecified atom stereocenters. The van der Waals surface area contributed by atoms with Crippen LogP contribution in [0.2, 0.25) is 0 Å². The second-order valence-corrected chi connectivity index (χ2v) is 5.53. The van der Waals surface area contributed by atoms with E-state index in [1.165, 1.54) is 0 Å². The fourth-order valence-corrected chi connectivity index (χ4v) is 2.53. The Balaban J connectivity index is 2.30. The van der Waals surface area contributed by atoms with Crippen LogP contribution in [0.4, 0.5) is 0 Å². The van der Waals surface area contributed by atoms with Crippen molar-refractivity contribution in [2.75, 3.05) is 14.2 Å². The van der Waals surface area contributed by atoms with Crippen molar-refractivity contribution >= 4 is 10.9 Å². The van der Waals surface area contributed by atoms with Gasteiger partial charge >= 0.3 is 0 Å². The molecule has 118 valence electrons. The number of fused-ring (bicyclic) bond motifs is 1. The first-order valence-electron chi connectivity index (χ1n) is 7.49. The van der Waals surface area contributed by atoms with Gasteiger partial charge in [-0.25, -0.2) is 9.97 Å². The summed E-state index contributed by atoms with van der Waals surface area (Å²) in [6, 6.07) is 9.53. The minimum atomic E-state index is 0.251. The fraction of sp³-hybridized carbons (Fsp3) is 0.278. The molecule has 0 radical (unpaired) electrons. The Morgan fingerprint density at radius 2 is 1.70 bits per heavy atom. The van der Waals surface area contributed by atoms with Crippen LogP contribution in [0.3, 0.4) is 0 Å². The van der Waals surface area contributed by atoms with Gasteiger partial charge in [0.05, 0.1) is 25.4 Å². The Kier molecular flexibility index (Phi) is 4.10. The topological polar surface area (TPSA) is 57.1 Å². The maximum Gasteiger partial charge on any atom is 0.178 e. The Morgan fingerprint density at radius 3 is 2.30 bits per heavy atom. The molecule has 0 aliphatic carbocycles. The summed E-state index contributed by atoms with van der Waals surface area (Å²) in [5, 5.41) is 0.970. The quantitative estimate of drug-likeness (QED) is 0.733. The van der Waals surface area contributed by atoms with E-state index in [2.05, 4.69) is 23.8 Å². The molecule has 0 spiro atoms. The number of hydrogen-bond donors (Lipinski definition) is 0. The molecule has 0 aliphatic heterocycles. The minimum Gasteiger partial charge on any atom is -0.493 e. The molecule has 0 atom stereocenters. The Labute approximate surface area is 135 Å². The van der Waals surface area contributed by atoms with Crippen LogP contribution in [-0.4, -0.2) is 29.2 Å². The number of hydrogen-bond acceptors (Lipinski definition) is 5. The van der Waals surface area contributed by atoms with E-state index in [4.69, 9.17) is 14.5 Å². The van der Waals surface area contributed by atoms with Crippen LogP contribution >= 0.6 is 0 Å². The zero-order chi connectivity index (χ0) is 16.4. The molecule has 3 rings (SSSR count). The summed E-state index contributed by atoms with van der Waals surface area (Å²) in [4.78, 5) is 13.7. The predicted octanol–water partition coefficient (Wildman–Crippen LogP) is 3.83. The fourth-order valence-electron chi connectivity index (χ4n) is 2.53. The summed E-state index contributed by atoms with van der Waals surface area (Å²) >= 11 is 0. The summed E-state index contributed by atoms with van der Waals surface area (Å²) in [5.74, 6) is 2.20. The summed E-state index contributed by atoms with van der Waals surface area (Å²) < 4.78 is 10.8. The van der Waals surface area contributed by atoms with E-state index in [1.54, 1.807) is 20.4 Å². The van der Waals surface area contributed by atoms with Crippen LogP contribution in [0.1, 0.15) is 25.5 Å². The predicted molar refractivity (Wildman–Crippen MR) is 90.0 cm³/mol. The molecule has 0 fully saturated rings. The lowest BCUT2D eigenvalue weighted by molar-refractivity contribution is 0.355. The van der Waals surface area contributed by atoms with Gasteiger partial charge in [0.1, 0.15) is 5.69 Å². The molecule has 5 nitrogen and oxygen atoms in total. The van der Waals surface area contributed by atoms with Crippen LogP contribution in [0.15, 0.2) is 36.5 Å². The number of ether oxygens (including phenoxy) is 2. The molecule has 2 aromatic heterocycles. The lowest BCUT2D eigenvalue weighted by Gasteiger charge is -2.14. The molecule has 5 heteroatoms. The molecule has 0 N–H and O–H groups in total. The highest BCUT2D eigenvalue weighted by Crippen LogP contribution is 2.35. The maximum atomic E-state index is 5.40. The number of pyridine rings is 1. The lowest BCUT2D eigenvalue weighted by atomic mass is 10.0. The second kappa shape index (κ2) is 6.20. The van der Waals surface area contributed by atoms with Gasteiger partial charge in [-0.2, -0.15) is 0 Å². The Morgan fingerprint density at radius 1 is 0.957 bits per heavy atom. The van der Waals surface area contributed by atoms with Gasteiger partial charge in [0.25, 0.3) is 0 Å². The van der Waals surface area contributed by atoms with E-state index in [0.29, 0.717) is 17.3 Å². The average Bonchev–Trinajstić information content (AvgIpc) is 2.60. The van der Waals surface area contributed by atoms with Crippen molar-refractivity contribution in [3.8, 4) is 23.0 Å². The first-order valence-corrected chi connectivity index (χ1v) is 7.49. The van der Waals surface area contributed by atoms with Crippen molar-refractivity contribution in [2.45, 2.75) is 19.8 Å². The van der Waals surface area contributed by atoms with Gasteiger partial charge in [0, 0.05) is 17.6 Å². The number of nitrogens with zero attached hydrogens (tertiary/aromatic N) is 3. The zero-order valence-corrected chi connectivity index (χ0v) is 13.7. The van der Waals surface area contributed by atoms with E-state index >= 15 is 0 Å². The largest absolute Gasteiger partial charge is 0.493 e. The molecule has 3 aromatic rings. The zero-order valence-electron chi connectivity index (χ0n) is 13.7.